The van der Waals surface area contributed by atoms with E-state index in [0.29, 0.717) is 12.8 Å². The number of aliphatic hydroxyl groups excluding tert-OH is 3. The zero-order valence-corrected chi connectivity index (χ0v) is 29.8. The van der Waals surface area contributed by atoms with Crippen LogP contribution in [0.2, 0.25) is 0 Å². The van der Waals surface area contributed by atoms with Crippen molar-refractivity contribution in [3.8, 4) is 0 Å². The van der Waals surface area contributed by atoms with Gasteiger partial charge in [-0.15, -0.1) is 0 Å². The molecule has 0 fully saturated rings. The molecule has 1 amide bonds. The summed E-state index contributed by atoms with van der Waals surface area (Å²) >= 11 is 0. The summed E-state index contributed by atoms with van der Waals surface area (Å²) in [5.41, 5.74) is 0. The van der Waals surface area contributed by atoms with Crippen molar-refractivity contribution in [1.82, 2.24) is 5.32 Å². The van der Waals surface area contributed by atoms with Crippen LogP contribution in [0.4, 0.5) is 0 Å². The molecule has 264 valence electrons. The van der Waals surface area contributed by atoms with Gasteiger partial charge in [-0.1, -0.05) is 200 Å². The molecule has 3 unspecified atom stereocenters. The van der Waals surface area contributed by atoms with E-state index in [2.05, 4.69) is 19.2 Å². The second-order valence-electron chi connectivity index (χ2n) is 13.9. The molecule has 0 aromatic carbocycles. The normalized spacial score (nSPS) is 13.7. The predicted molar refractivity (Wildman–Crippen MR) is 190 cm³/mol. The molecule has 0 aliphatic heterocycles. The van der Waals surface area contributed by atoms with E-state index in [0.717, 1.165) is 38.5 Å². The van der Waals surface area contributed by atoms with Crippen LogP contribution in [0, 0.1) is 0 Å². The first kappa shape index (κ1) is 43.4. The topological polar surface area (TPSA) is 89.8 Å². The summed E-state index contributed by atoms with van der Waals surface area (Å²) in [4.78, 5) is 12.4. The molecule has 0 aromatic rings. The third-order valence-electron chi connectivity index (χ3n) is 9.46. The van der Waals surface area contributed by atoms with E-state index in [1.165, 1.54) is 154 Å². The summed E-state index contributed by atoms with van der Waals surface area (Å²) in [6, 6.07) is -0.800. The molecule has 0 heterocycles. The Morgan fingerprint density at radius 2 is 0.773 bits per heavy atom. The number of carbonyl (C=O) groups is 1. The highest BCUT2D eigenvalue weighted by Crippen LogP contribution is 2.16. The maximum atomic E-state index is 12.4. The van der Waals surface area contributed by atoms with Crippen molar-refractivity contribution in [3.05, 3.63) is 0 Å². The van der Waals surface area contributed by atoms with Gasteiger partial charge in [-0.05, 0) is 12.8 Å². The average Bonchev–Trinajstić information content (AvgIpc) is 3.03. The van der Waals surface area contributed by atoms with Crippen LogP contribution in [0.1, 0.15) is 219 Å². The van der Waals surface area contributed by atoms with Crippen LogP contribution < -0.4 is 5.32 Å². The zero-order valence-electron chi connectivity index (χ0n) is 29.8. The van der Waals surface area contributed by atoms with Gasteiger partial charge in [0.15, 0.2) is 0 Å². The Hall–Kier alpha value is -0.650. The fraction of sp³-hybridized carbons (Fsp3) is 0.974. The van der Waals surface area contributed by atoms with Crippen molar-refractivity contribution in [2.24, 2.45) is 0 Å². The Kier molecular flexibility index (Phi) is 34.7. The molecule has 0 rings (SSSR count). The minimum Gasteiger partial charge on any atom is -0.394 e. The Labute approximate surface area is 275 Å². The first-order valence-corrected chi connectivity index (χ1v) is 19.8. The van der Waals surface area contributed by atoms with E-state index in [1.807, 2.05) is 0 Å². The summed E-state index contributed by atoms with van der Waals surface area (Å²) in [5.74, 6) is -0.142. The Bertz CT molecular complexity index is 572. The molecular formula is C39H79NO4. The number of unbranched alkanes of at least 4 members (excludes halogenated alkanes) is 28. The van der Waals surface area contributed by atoms with Crippen LogP contribution in [0.15, 0.2) is 0 Å². The molecule has 0 aromatic heterocycles. The monoisotopic (exact) mass is 626 g/mol. The molecule has 5 nitrogen and oxygen atoms in total. The van der Waals surface area contributed by atoms with Crippen LogP contribution in [-0.2, 0) is 4.79 Å². The van der Waals surface area contributed by atoms with Crippen molar-refractivity contribution in [2.45, 2.75) is 238 Å². The molecule has 0 aliphatic carbocycles. The number of hydrogen-bond acceptors (Lipinski definition) is 4. The Balaban J connectivity index is 3.55. The molecule has 0 saturated heterocycles. The van der Waals surface area contributed by atoms with Gasteiger partial charge in [0, 0.05) is 6.42 Å². The number of rotatable bonds is 36. The van der Waals surface area contributed by atoms with Gasteiger partial charge in [0.05, 0.1) is 18.8 Å². The Morgan fingerprint density at radius 1 is 0.477 bits per heavy atom. The van der Waals surface area contributed by atoms with E-state index < -0.39 is 18.2 Å². The predicted octanol–water partition coefficient (Wildman–Crippen LogP) is 10.7. The van der Waals surface area contributed by atoms with Crippen LogP contribution >= 0.6 is 0 Å². The van der Waals surface area contributed by atoms with Gasteiger partial charge in [-0.2, -0.15) is 0 Å². The average molecular weight is 626 g/mol. The van der Waals surface area contributed by atoms with Crippen molar-refractivity contribution in [3.63, 3.8) is 0 Å². The molecule has 3 atom stereocenters. The van der Waals surface area contributed by atoms with E-state index in [-0.39, 0.29) is 12.5 Å². The summed E-state index contributed by atoms with van der Waals surface area (Å²) in [7, 11) is 0. The smallest absolute Gasteiger partial charge is 0.220 e. The third kappa shape index (κ3) is 30.0. The second-order valence-corrected chi connectivity index (χ2v) is 13.9. The molecule has 0 spiro atoms. The number of hydrogen-bond donors (Lipinski definition) is 4. The minimum absolute atomic E-state index is 0.142. The fourth-order valence-corrected chi connectivity index (χ4v) is 6.34. The van der Waals surface area contributed by atoms with Gasteiger partial charge in [-0.25, -0.2) is 0 Å². The van der Waals surface area contributed by atoms with Crippen LogP contribution in [0.25, 0.3) is 0 Å². The highest BCUT2D eigenvalue weighted by Gasteiger charge is 2.26. The Morgan fingerprint density at radius 3 is 1.09 bits per heavy atom. The highest BCUT2D eigenvalue weighted by atomic mass is 16.3. The highest BCUT2D eigenvalue weighted by molar-refractivity contribution is 5.76. The summed E-state index contributed by atoms with van der Waals surface area (Å²) < 4.78 is 0. The van der Waals surface area contributed by atoms with E-state index in [1.54, 1.807) is 0 Å². The lowest BCUT2D eigenvalue weighted by Crippen LogP contribution is -2.50. The lowest BCUT2D eigenvalue weighted by atomic mass is 9.99. The fourth-order valence-electron chi connectivity index (χ4n) is 6.34. The van der Waals surface area contributed by atoms with E-state index >= 15 is 0 Å². The standard InChI is InChI=1S/C39H79NO4/c1-3-5-7-9-11-13-14-15-16-17-18-19-20-21-22-23-24-26-28-30-32-34-38(43)40-36(35-41)39(44)37(42)33-31-29-27-25-12-10-8-6-4-2/h36-37,39,41-42,44H,3-35H2,1-2H3,(H,40,43). The zero-order chi connectivity index (χ0) is 32.4. The van der Waals surface area contributed by atoms with Crippen molar-refractivity contribution in [1.29, 1.82) is 0 Å². The first-order valence-electron chi connectivity index (χ1n) is 19.8. The van der Waals surface area contributed by atoms with Crippen molar-refractivity contribution >= 4 is 5.91 Å². The largest absolute Gasteiger partial charge is 0.394 e. The van der Waals surface area contributed by atoms with Gasteiger partial charge >= 0.3 is 0 Å². The van der Waals surface area contributed by atoms with Crippen LogP contribution in [0.3, 0.4) is 0 Å². The summed E-state index contributed by atoms with van der Waals surface area (Å²) in [6.45, 7) is 4.16. The molecule has 5 heteroatoms. The molecule has 4 N–H and O–H groups in total. The van der Waals surface area contributed by atoms with Gasteiger partial charge in [0.25, 0.3) is 0 Å². The summed E-state index contributed by atoms with van der Waals surface area (Å²) in [6.07, 6.45) is 37.8. The first-order chi connectivity index (χ1) is 21.6. The summed E-state index contributed by atoms with van der Waals surface area (Å²) in [5, 5.41) is 33.3. The van der Waals surface area contributed by atoms with Crippen molar-refractivity contribution < 1.29 is 20.1 Å². The molecule has 0 bridgehead atoms. The molecule has 0 aliphatic rings. The number of nitrogens with one attached hydrogen (secondary N) is 1. The van der Waals surface area contributed by atoms with Gasteiger partial charge in [-0.3, -0.25) is 4.79 Å². The molecule has 44 heavy (non-hydrogen) atoms. The van der Waals surface area contributed by atoms with Gasteiger partial charge < -0.3 is 20.6 Å². The van der Waals surface area contributed by atoms with E-state index in [4.69, 9.17) is 0 Å². The lowest BCUT2D eigenvalue weighted by Gasteiger charge is -2.26. The maximum Gasteiger partial charge on any atom is 0.220 e. The van der Waals surface area contributed by atoms with Crippen molar-refractivity contribution in [2.75, 3.05) is 6.61 Å². The number of carbonyl (C=O) groups excluding carboxylic acids is 1. The van der Waals surface area contributed by atoms with Crippen LogP contribution in [0.5, 0.6) is 0 Å². The van der Waals surface area contributed by atoms with E-state index in [9.17, 15) is 20.1 Å². The molecule has 0 radical (unpaired) electrons. The number of aliphatic hydroxyl groups is 3. The second kappa shape index (κ2) is 35.2. The maximum absolute atomic E-state index is 12.4. The van der Waals surface area contributed by atoms with Gasteiger partial charge in [0.1, 0.15) is 6.10 Å². The molecular weight excluding hydrogens is 546 g/mol. The molecule has 0 saturated carbocycles. The third-order valence-corrected chi connectivity index (χ3v) is 9.46. The quantitative estimate of drug-likeness (QED) is 0.0521. The van der Waals surface area contributed by atoms with Crippen LogP contribution in [-0.4, -0.2) is 46.1 Å². The van der Waals surface area contributed by atoms with Gasteiger partial charge in [0.2, 0.25) is 5.91 Å². The lowest BCUT2D eigenvalue weighted by molar-refractivity contribution is -0.124. The minimum atomic E-state index is -1.13. The SMILES string of the molecule is CCCCCCCCCCCCCCCCCCCCCCCC(=O)NC(CO)C(O)C(O)CCCCCCCCCCC. The number of amides is 1.